The van der Waals surface area contributed by atoms with Crippen LogP contribution in [0.5, 0.6) is 0 Å². The first-order valence-corrected chi connectivity index (χ1v) is 10.8. The fourth-order valence-electron chi connectivity index (χ4n) is 3.77. The minimum absolute atomic E-state index is 0.190. The number of amides is 1. The lowest BCUT2D eigenvalue weighted by Crippen LogP contribution is -2.32. The Morgan fingerprint density at radius 3 is 3.00 bits per heavy atom. The van der Waals surface area contributed by atoms with Crippen LogP contribution < -0.4 is 10.6 Å². The minimum atomic E-state index is -0.190. The van der Waals surface area contributed by atoms with Gasteiger partial charge in [0.25, 0.3) is 5.91 Å². The maximum atomic E-state index is 12.5. The summed E-state index contributed by atoms with van der Waals surface area (Å²) in [5, 5.41) is 13.4. The molecule has 0 saturated carbocycles. The molecule has 2 aliphatic heterocycles. The third-order valence-corrected chi connectivity index (χ3v) is 6.33. The summed E-state index contributed by atoms with van der Waals surface area (Å²) in [6.07, 6.45) is 6.65. The van der Waals surface area contributed by atoms with Gasteiger partial charge in [-0.1, -0.05) is 6.92 Å². The van der Waals surface area contributed by atoms with Crippen LogP contribution >= 0.6 is 11.3 Å². The van der Waals surface area contributed by atoms with Crippen LogP contribution in [0.1, 0.15) is 54.8 Å². The van der Waals surface area contributed by atoms with Crippen molar-refractivity contribution < 1.29 is 4.79 Å². The lowest BCUT2D eigenvalue weighted by Gasteiger charge is -2.29. The number of thiazole rings is 1. The first kappa shape index (κ1) is 18.6. The Balaban J connectivity index is 1.32. The molecule has 2 fully saturated rings. The third kappa shape index (κ3) is 4.75. The number of nitrogens with zero attached hydrogens (tertiary/aromatic N) is 4. The Kier molecular flexibility index (Phi) is 5.85. The number of likely N-dealkylation sites (tertiary alicyclic amines) is 1. The van der Waals surface area contributed by atoms with E-state index < -0.39 is 0 Å². The van der Waals surface area contributed by atoms with Gasteiger partial charge in [0.1, 0.15) is 0 Å². The molecule has 4 heterocycles. The van der Waals surface area contributed by atoms with Gasteiger partial charge in [-0.3, -0.25) is 19.7 Å². The van der Waals surface area contributed by atoms with Crippen molar-refractivity contribution in [3.63, 3.8) is 0 Å². The molecule has 2 aliphatic rings. The number of carbonyl (C=O) groups is 1. The quantitative estimate of drug-likeness (QED) is 0.824. The maximum Gasteiger partial charge on any atom is 0.277 e. The molecule has 2 aromatic heterocycles. The molecule has 0 spiro atoms. The van der Waals surface area contributed by atoms with E-state index >= 15 is 0 Å². The molecule has 2 N–H and O–H groups in total. The molecule has 0 bridgehead atoms. The summed E-state index contributed by atoms with van der Waals surface area (Å²) in [7, 11) is 0. The highest BCUT2D eigenvalue weighted by Crippen LogP contribution is 2.21. The molecule has 7 nitrogen and oxygen atoms in total. The topological polar surface area (TPSA) is 75.1 Å². The monoisotopic (exact) mass is 388 g/mol. The van der Waals surface area contributed by atoms with E-state index in [1.165, 1.54) is 24.2 Å². The van der Waals surface area contributed by atoms with Crippen molar-refractivity contribution in [3.05, 3.63) is 29.0 Å². The molecule has 8 heteroatoms. The molecular formula is C19H28N6OS. The molecule has 1 atom stereocenters. The van der Waals surface area contributed by atoms with Gasteiger partial charge in [-0.25, -0.2) is 4.98 Å². The van der Waals surface area contributed by atoms with Crippen LogP contribution in [0, 0.1) is 5.92 Å². The van der Waals surface area contributed by atoms with Gasteiger partial charge in [-0.15, -0.1) is 11.3 Å². The standard InChI is InChI=1S/C19H28N6OS/c1-14-4-8-24(9-5-14)12-15-13-27-19(21-15)22-18(26)17-6-10-25(23-17)16-3-2-7-20-11-16/h6,10,13-14,16,20H,2-5,7-9,11-12H2,1H3,(H,21,22,26). The lowest BCUT2D eigenvalue weighted by atomic mass is 9.99. The highest BCUT2D eigenvalue weighted by Gasteiger charge is 2.19. The zero-order valence-corrected chi connectivity index (χ0v) is 16.7. The SMILES string of the molecule is CC1CCN(Cc2csc(NC(=O)c3ccn(C4CCCNC4)n3)n2)CC1. The van der Waals surface area contributed by atoms with Crippen molar-refractivity contribution in [2.24, 2.45) is 5.92 Å². The number of aromatic nitrogens is 3. The van der Waals surface area contributed by atoms with E-state index in [1.54, 1.807) is 6.07 Å². The summed E-state index contributed by atoms with van der Waals surface area (Å²) in [6, 6.07) is 2.12. The first-order chi connectivity index (χ1) is 13.2. The summed E-state index contributed by atoms with van der Waals surface area (Å²) in [6.45, 7) is 7.42. The number of carbonyl (C=O) groups excluding carboxylic acids is 1. The Labute approximate surface area is 164 Å². The summed E-state index contributed by atoms with van der Waals surface area (Å²) in [5.41, 5.74) is 1.48. The predicted octanol–water partition coefficient (Wildman–Crippen LogP) is 2.75. The summed E-state index contributed by atoms with van der Waals surface area (Å²) in [5.74, 6) is 0.640. The molecule has 0 aliphatic carbocycles. The van der Waals surface area contributed by atoms with Gasteiger partial charge < -0.3 is 5.32 Å². The van der Waals surface area contributed by atoms with Gasteiger partial charge in [0.05, 0.1) is 11.7 Å². The van der Waals surface area contributed by atoms with Gasteiger partial charge in [-0.05, 0) is 57.3 Å². The molecule has 2 saturated heterocycles. The van der Waals surface area contributed by atoms with Crippen molar-refractivity contribution >= 4 is 22.4 Å². The van der Waals surface area contributed by atoms with Crippen molar-refractivity contribution in [3.8, 4) is 0 Å². The van der Waals surface area contributed by atoms with E-state index in [0.717, 1.165) is 57.2 Å². The van der Waals surface area contributed by atoms with Crippen molar-refractivity contribution in [2.75, 3.05) is 31.5 Å². The second kappa shape index (κ2) is 8.50. The van der Waals surface area contributed by atoms with Crippen LogP contribution in [0.25, 0.3) is 0 Å². The number of anilines is 1. The smallest absolute Gasteiger partial charge is 0.277 e. The van der Waals surface area contributed by atoms with Crippen molar-refractivity contribution in [2.45, 2.75) is 45.2 Å². The highest BCUT2D eigenvalue weighted by atomic mass is 32.1. The number of piperidine rings is 2. The van der Waals surface area contributed by atoms with Crippen LogP contribution in [0.15, 0.2) is 17.6 Å². The molecule has 4 rings (SSSR count). The number of hydrogen-bond acceptors (Lipinski definition) is 6. The van der Waals surface area contributed by atoms with Gasteiger partial charge >= 0.3 is 0 Å². The van der Waals surface area contributed by atoms with Crippen molar-refractivity contribution in [1.29, 1.82) is 0 Å². The normalized spacial score (nSPS) is 22.0. The van der Waals surface area contributed by atoms with Gasteiger partial charge in [0.2, 0.25) is 0 Å². The fourth-order valence-corrected chi connectivity index (χ4v) is 4.47. The van der Waals surface area contributed by atoms with Crippen LogP contribution in [0.3, 0.4) is 0 Å². The lowest BCUT2D eigenvalue weighted by molar-refractivity contribution is 0.102. The minimum Gasteiger partial charge on any atom is -0.315 e. The predicted molar refractivity (Wildman–Crippen MR) is 107 cm³/mol. The Morgan fingerprint density at radius 2 is 2.22 bits per heavy atom. The highest BCUT2D eigenvalue weighted by molar-refractivity contribution is 7.13. The van der Waals surface area contributed by atoms with E-state index in [-0.39, 0.29) is 5.91 Å². The average molecular weight is 389 g/mol. The second-order valence-corrected chi connectivity index (χ2v) is 8.60. The van der Waals surface area contributed by atoms with Gasteiger partial charge in [0.15, 0.2) is 10.8 Å². The Morgan fingerprint density at radius 1 is 1.37 bits per heavy atom. The van der Waals surface area contributed by atoms with E-state index in [1.807, 2.05) is 16.3 Å². The number of rotatable bonds is 5. The largest absolute Gasteiger partial charge is 0.315 e. The number of hydrogen-bond donors (Lipinski definition) is 2. The fraction of sp³-hybridized carbons (Fsp3) is 0.632. The molecule has 2 aromatic rings. The molecule has 1 unspecified atom stereocenters. The zero-order chi connectivity index (χ0) is 18.6. The Bertz CT molecular complexity index is 758. The first-order valence-electron chi connectivity index (χ1n) is 9.91. The van der Waals surface area contributed by atoms with E-state index in [9.17, 15) is 4.79 Å². The van der Waals surface area contributed by atoms with E-state index in [2.05, 4.69) is 32.5 Å². The molecular weight excluding hydrogens is 360 g/mol. The molecule has 146 valence electrons. The third-order valence-electron chi connectivity index (χ3n) is 5.52. The molecule has 0 aromatic carbocycles. The number of nitrogens with one attached hydrogen (secondary N) is 2. The van der Waals surface area contributed by atoms with Gasteiger partial charge in [0, 0.05) is 24.7 Å². The molecule has 1 amide bonds. The van der Waals surface area contributed by atoms with E-state index in [0.29, 0.717) is 16.9 Å². The zero-order valence-electron chi connectivity index (χ0n) is 15.9. The van der Waals surface area contributed by atoms with Gasteiger partial charge in [-0.2, -0.15) is 5.10 Å². The second-order valence-electron chi connectivity index (χ2n) is 7.74. The maximum absolute atomic E-state index is 12.5. The van der Waals surface area contributed by atoms with Crippen LogP contribution in [-0.2, 0) is 6.54 Å². The molecule has 27 heavy (non-hydrogen) atoms. The Hall–Kier alpha value is -1.77. The van der Waals surface area contributed by atoms with Crippen LogP contribution in [-0.4, -0.2) is 51.8 Å². The van der Waals surface area contributed by atoms with Crippen LogP contribution in [0.2, 0.25) is 0 Å². The van der Waals surface area contributed by atoms with E-state index in [4.69, 9.17) is 0 Å². The summed E-state index contributed by atoms with van der Waals surface area (Å²) in [4.78, 5) is 19.5. The summed E-state index contributed by atoms with van der Waals surface area (Å²) >= 11 is 1.48. The average Bonchev–Trinajstić information content (AvgIpc) is 3.34. The van der Waals surface area contributed by atoms with Crippen molar-refractivity contribution in [1.82, 2.24) is 25.0 Å². The molecule has 0 radical (unpaired) electrons. The summed E-state index contributed by atoms with van der Waals surface area (Å²) < 4.78 is 1.91. The van der Waals surface area contributed by atoms with Crippen LogP contribution in [0.4, 0.5) is 5.13 Å².